The Morgan fingerprint density at radius 3 is 2.29 bits per heavy atom. The summed E-state index contributed by atoms with van der Waals surface area (Å²) in [6.45, 7) is 7.24. The number of hydrogen-bond acceptors (Lipinski definition) is 4. The van der Waals surface area contributed by atoms with Gasteiger partial charge in [-0.3, -0.25) is 9.59 Å². The number of rotatable bonds is 7. The molecule has 0 saturated heterocycles. The van der Waals surface area contributed by atoms with Gasteiger partial charge in [-0.15, -0.1) is 0 Å². The fraction of sp³-hybridized carbons (Fsp3) is 0.286. The molecule has 0 bridgehead atoms. The number of aromatic carboxylic acids is 1. The van der Waals surface area contributed by atoms with Crippen LogP contribution in [0.1, 0.15) is 45.7 Å². The van der Waals surface area contributed by atoms with E-state index in [-0.39, 0.29) is 29.8 Å². The zero-order valence-corrected chi connectivity index (χ0v) is 16.3. The summed E-state index contributed by atoms with van der Waals surface area (Å²) in [6, 6.07) is 9.51. The highest BCUT2D eigenvalue weighted by Crippen LogP contribution is 2.27. The lowest BCUT2D eigenvalue weighted by Gasteiger charge is -2.16. The number of anilines is 1. The molecule has 2 aromatic rings. The van der Waals surface area contributed by atoms with Crippen LogP contribution in [0.2, 0.25) is 0 Å². The molecular weight excluding hydrogens is 360 g/mol. The molecule has 3 N–H and O–H groups in total. The lowest BCUT2D eigenvalue weighted by molar-refractivity contribution is -0.115. The molecule has 0 aromatic heterocycles. The summed E-state index contributed by atoms with van der Waals surface area (Å²) >= 11 is 0. The molecule has 0 aliphatic heterocycles. The average molecular weight is 384 g/mol. The fourth-order valence-corrected chi connectivity index (χ4v) is 2.46. The highest BCUT2D eigenvalue weighted by Gasteiger charge is 2.14. The van der Waals surface area contributed by atoms with Crippen LogP contribution in [0.15, 0.2) is 36.4 Å². The number of nitrogens with one attached hydrogen (secondary N) is 2. The van der Waals surface area contributed by atoms with E-state index in [1.54, 1.807) is 12.1 Å². The number of carbonyl (C=O) groups is 3. The summed E-state index contributed by atoms with van der Waals surface area (Å²) in [5.74, 6) is -1.62. The second-order valence-electron chi connectivity index (χ2n) is 6.71. The van der Waals surface area contributed by atoms with E-state index in [2.05, 4.69) is 10.6 Å². The largest absolute Gasteiger partial charge is 0.489 e. The first-order chi connectivity index (χ1) is 13.2. The van der Waals surface area contributed by atoms with Crippen molar-refractivity contribution in [3.05, 3.63) is 58.7 Å². The normalized spacial score (nSPS) is 10.5. The molecule has 2 aromatic carbocycles. The molecule has 0 aliphatic carbocycles. The van der Waals surface area contributed by atoms with Crippen LogP contribution in [0.25, 0.3) is 0 Å². The van der Waals surface area contributed by atoms with Crippen LogP contribution in [0.3, 0.4) is 0 Å². The number of carboxylic acid groups (broad SMARTS) is 1. The standard InChI is InChI=1S/C21H24N2O5/c1-12(2)28-18-8-7-16(21(26)27)10-17(18)23-19(24)11-22-20(25)15-6-5-13(3)14(4)9-15/h5-10,12H,11H2,1-4H3,(H,22,25)(H,23,24)(H,26,27). The molecule has 0 atom stereocenters. The van der Waals surface area contributed by atoms with E-state index in [9.17, 15) is 14.4 Å². The van der Waals surface area contributed by atoms with Crippen molar-refractivity contribution in [2.75, 3.05) is 11.9 Å². The molecule has 0 heterocycles. The van der Waals surface area contributed by atoms with Crippen LogP contribution >= 0.6 is 0 Å². The van der Waals surface area contributed by atoms with Gasteiger partial charge < -0.3 is 20.5 Å². The third kappa shape index (κ3) is 5.57. The second-order valence-corrected chi connectivity index (χ2v) is 6.71. The lowest BCUT2D eigenvalue weighted by atomic mass is 10.1. The molecule has 2 amide bonds. The average Bonchev–Trinajstić information content (AvgIpc) is 2.62. The third-order valence-corrected chi connectivity index (χ3v) is 4.04. The topological polar surface area (TPSA) is 105 Å². The Balaban J connectivity index is 2.07. The predicted molar refractivity (Wildman–Crippen MR) is 106 cm³/mol. The number of hydrogen-bond donors (Lipinski definition) is 3. The molecule has 28 heavy (non-hydrogen) atoms. The molecule has 7 heteroatoms. The minimum absolute atomic E-state index is 0.0190. The number of carbonyl (C=O) groups excluding carboxylic acids is 2. The van der Waals surface area contributed by atoms with Gasteiger partial charge in [0.25, 0.3) is 5.91 Å². The van der Waals surface area contributed by atoms with Gasteiger partial charge in [-0.2, -0.15) is 0 Å². The number of aryl methyl sites for hydroxylation is 2. The third-order valence-electron chi connectivity index (χ3n) is 4.04. The molecule has 0 unspecified atom stereocenters. The minimum atomic E-state index is -1.12. The van der Waals surface area contributed by atoms with Gasteiger partial charge in [-0.05, 0) is 69.2 Å². The molecular formula is C21H24N2O5. The maximum absolute atomic E-state index is 12.3. The van der Waals surface area contributed by atoms with E-state index in [0.717, 1.165) is 11.1 Å². The van der Waals surface area contributed by atoms with Crippen LogP contribution in [0, 0.1) is 13.8 Å². The maximum Gasteiger partial charge on any atom is 0.335 e. The summed E-state index contributed by atoms with van der Waals surface area (Å²) in [6.07, 6.45) is -0.157. The maximum atomic E-state index is 12.3. The van der Waals surface area contributed by atoms with Crippen molar-refractivity contribution in [3.63, 3.8) is 0 Å². The highest BCUT2D eigenvalue weighted by molar-refractivity contribution is 6.00. The van der Waals surface area contributed by atoms with Crippen molar-refractivity contribution < 1.29 is 24.2 Å². The van der Waals surface area contributed by atoms with Gasteiger partial charge in [-0.1, -0.05) is 6.07 Å². The smallest absolute Gasteiger partial charge is 0.335 e. The molecule has 0 spiro atoms. The Kier molecular flexibility index (Phi) is 6.76. The van der Waals surface area contributed by atoms with E-state index in [1.165, 1.54) is 18.2 Å². The first-order valence-corrected chi connectivity index (χ1v) is 8.86. The lowest BCUT2D eigenvalue weighted by Crippen LogP contribution is -2.33. The summed E-state index contributed by atoms with van der Waals surface area (Å²) < 4.78 is 5.61. The van der Waals surface area contributed by atoms with Crippen LogP contribution in [-0.4, -0.2) is 35.5 Å². The Morgan fingerprint density at radius 1 is 1.00 bits per heavy atom. The van der Waals surface area contributed by atoms with Crippen LogP contribution in [0.5, 0.6) is 5.75 Å². The molecule has 2 rings (SSSR count). The monoisotopic (exact) mass is 384 g/mol. The van der Waals surface area contributed by atoms with Crippen molar-refractivity contribution in [3.8, 4) is 5.75 Å². The van der Waals surface area contributed by atoms with Gasteiger partial charge in [0.15, 0.2) is 0 Å². The summed E-state index contributed by atoms with van der Waals surface area (Å²) in [5.41, 5.74) is 2.78. The Hall–Kier alpha value is -3.35. The second kappa shape index (κ2) is 9.03. The number of amides is 2. The van der Waals surface area contributed by atoms with Crippen molar-refractivity contribution in [1.29, 1.82) is 0 Å². The van der Waals surface area contributed by atoms with E-state index in [4.69, 9.17) is 9.84 Å². The predicted octanol–water partition coefficient (Wildman–Crippen LogP) is 3.16. The van der Waals surface area contributed by atoms with Crippen LogP contribution in [0.4, 0.5) is 5.69 Å². The molecule has 7 nitrogen and oxygen atoms in total. The molecule has 0 radical (unpaired) electrons. The van der Waals surface area contributed by atoms with Crippen LogP contribution < -0.4 is 15.4 Å². The zero-order chi connectivity index (χ0) is 20.8. The van der Waals surface area contributed by atoms with Gasteiger partial charge in [0, 0.05) is 5.56 Å². The van der Waals surface area contributed by atoms with E-state index < -0.39 is 11.9 Å². The van der Waals surface area contributed by atoms with Crippen LogP contribution in [-0.2, 0) is 4.79 Å². The first-order valence-electron chi connectivity index (χ1n) is 8.86. The molecule has 0 aliphatic rings. The van der Waals surface area contributed by atoms with E-state index in [0.29, 0.717) is 11.3 Å². The first kappa shape index (κ1) is 21.0. The van der Waals surface area contributed by atoms with Gasteiger partial charge in [0.2, 0.25) is 5.91 Å². The molecule has 0 fully saturated rings. The Morgan fingerprint density at radius 2 is 1.68 bits per heavy atom. The number of carboxylic acids is 1. The summed E-state index contributed by atoms with van der Waals surface area (Å²) in [7, 11) is 0. The minimum Gasteiger partial charge on any atom is -0.489 e. The summed E-state index contributed by atoms with van der Waals surface area (Å²) in [4.78, 5) is 35.7. The van der Waals surface area contributed by atoms with Crippen molar-refractivity contribution >= 4 is 23.5 Å². The molecule has 0 saturated carbocycles. The van der Waals surface area contributed by atoms with E-state index >= 15 is 0 Å². The number of benzene rings is 2. The SMILES string of the molecule is Cc1ccc(C(=O)NCC(=O)Nc2cc(C(=O)O)ccc2OC(C)C)cc1C. The van der Waals surface area contributed by atoms with Crippen molar-refractivity contribution in [2.45, 2.75) is 33.8 Å². The van der Waals surface area contributed by atoms with Gasteiger partial charge in [0.1, 0.15) is 5.75 Å². The Bertz CT molecular complexity index is 906. The van der Waals surface area contributed by atoms with Crippen molar-refractivity contribution in [2.24, 2.45) is 0 Å². The molecule has 148 valence electrons. The van der Waals surface area contributed by atoms with Crippen molar-refractivity contribution in [1.82, 2.24) is 5.32 Å². The quantitative estimate of drug-likeness (QED) is 0.680. The van der Waals surface area contributed by atoms with Gasteiger partial charge in [-0.25, -0.2) is 4.79 Å². The Labute approximate surface area is 163 Å². The van der Waals surface area contributed by atoms with Gasteiger partial charge in [0.05, 0.1) is 23.9 Å². The van der Waals surface area contributed by atoms with E-state index in [1.807, 2.05) is 33.8 Å². The van der Waals surface area contributed by atoms with Gasteiger partial charge >= 0.3 is 5.97 Å². The number of ether oxygens (including phenoxy) is 1. The fourth-order valence-electron chi connectivity index (χ4n) is 2.46. The highest BCUT2D eigenvalue weighted by atomic mass is 16.5. The zero-order valence-electron chi connectivity index (χ0n) is 16.3. The summed E-state index contributed by atoms with van der Waals surface area (Å²) in [5, 5.41) is 14.3.